The summed E-state index contributed by atoms with van der Waals surface area (Å²) in [6, 6.07) is 0. The highest BCUT2D eigenvalue weighted by Gasteiger charge is 2.39. The highest BCUT2D eigenvalue weighted by Crippen LogP contribution is 2.37. The van der Waals surface area contributed by atoms with E-state index in [1.54, 1.807) is 0 Å². The molecule has 4 heteroatoms. The van der Waals surface area contributed by atoms with Crippen LogP contribution in [0.1, 0.15) is 31.5 Å². The molecule has 1 heterocycles. The number of nitrogens with zero attached hydrogens (tertiary/aromatic N) is 2. The molecule has 0 radical (unpaired) electrons. The molecule has 1 aliphatic carbocycles. The highest BCUT2D eigenvalue weighted by molar-refractivity contribution is 4.94. The molecule has 16 heavy (non-hydrogen) atoms. The fraction of sp³-hybridized carbons (Fsp3) is 0.750. The molecule has 0 aromatic carbocycles. The quantitative estimate of drug-likeness (QED) is 0.802. The lowest BCUT2D eigenvalue weighted by atomic mass is 9.88. The van der Waals surface area contributed by atoms with Crippen LogP contribution in [0.15, 0.2) is 12.4 Å². The zero-order chi connectivity index (χ0) is 11.6. The summed E-state index contributed by atoms with van der Waals surface area (Å²) in [5.74, 6) is 1.38. The number of aryl methyl sites for hydroxylation is 2. The number of nitrogens with two attached hydrogens (primary N) is 1. The van der Waals surface area contributed by atoms with E-state index in [4.69, 9.17) is 5.73 Å². The zero-order valence-electron chi connectivity index (χ0n) is 9.89. The summed E-state index contributed by atoms with van der Waals surface area (Å²) in [6.07, 6.45) is 7.86. The maximum atomic E-state index is 10.3. The average Bonchev–Trinajstić information content (AvgIpc) is 2.83. The van der Waals surface area contributed by atoms with Crippen LogP contribution in [0.2, 0.25) is 0 Å². The van der Waals surface area contributed by atoms with Crippen molar-refractivity contribution in [2.75, 3.05) is 6.54 Å². The van der Waals surface area contributed by atoms with Gasteiger partial charge in [0.2, 0.25) is 0 Å². The molecule has 1 aliphatic rings. The molecule has 0 amide bonds. The third-order valence-electron chi connectivity index (χ3n) is 3.92. The second-order valence-corrected chi connectivity index (χ2v) is 4.85. The van der Waals surface area contributed by atoms with Crippen molar-refractivity contribution < 1.29 is 5.11 Å². The molecule has 2 atom stereocenters. The van der Waals surface area contributed by atoms with Gasteiger partial charge < -0.3 is 15.4 Å². The van der Waals surface area contributed by atoms with E-state index in [9.17, 15) is 5.11 Å². The Kier molecular flexibility index (Phi) is 3.30. The van der Waals surface area contributed by atoms with Gasteiger partial charge in [0.25, 0.3) is 0 Å². The second-order valence-electron chi connectivity index (χ2n) is 4.85. The lowest BCUT2D eigenvalue weighted by Crippen LogP contribution is -2.41. The fourth-order valence-corrected chi connectivity index (χ4v) is 2.74. The zero-order valence-corrected chi connectivity index (χ0v) is 9.89. The van der Waals surface area contributed by atoms with Crippen molar-refractivity contribution in [1.29, 1.82) is 0 Å². The Balaban J connectivity index is 1.93. The van der Waals surface area contributed by atoms with E-state index in [1.165, 1.54) is 0 Å². The minimum atomic E-state index is -0.617. The van der Waals surface area contributed by atoms with E-state index in [0.29, 0.717) is 12.5 Å². The van der Waals surface area contributed by atoms with Crippen molar-refractivity contribution in [2.45, 2.75) is 44.8 Å². The molecule has 3 N–H and O–H groups in total. The molecule has 1 aromatic rings. The van der Waals surface area contributed by atoms with Crippen molar-refractivity contribution in [3.05, 3.63) is 18.2 Å². The van der Waals surface area contributed by atoms with Gasteiger partial charge in [-0.05, 0) is 32.1 Å². The van der Waals surface area contributed by atoms with E-state index in [-0.39, 0.29) is 0 Å². The first-order valence-corrected chi connectivity index (χ1v) is 6.06. The van der Waals surface area contributed by atoms with Gasteiger partial charge in [-0.3, -0.25) is 0 Å². The predicted molar refractivity (Wildman–Crippen MR) is 62.9 cm³/mol. The van der Waals surface area contributed by atoms with Crippen LogP contribution in [0.5, 0.6) is 0 Å². The van der Waals surface area contributed by atoms with Gasteiger partial charge in [-0.15, -0.1) is 0 Å². The molecule has 1 fully saturated rings. The standard InChI is InChI=1S/C12H21N3O/c1-10-14-6-8-15(10)7-4-11-3-2-5-12(11,16)9-13/h6,8,11,16H,2-5,7,9,13H2,1H3. The molecule has 90 valence electrons. The minimum Gasteiger partial charge on any atom is -0.388 e. The van der Waals surface area contributed by atoms with Gasteiger partial charge in [0.05, 0.1) is 5.60 Å². The van der Waals surface area contributed by atoms with Gasteiger partial charge in [-0.2, -0.15) is 0 Å². The molecule has 1 aromatic heterocycles. The Morgan fingerprint density at radius 3 is 3.12 bits per heavy atom. The van der Waals surface area contributed by atoms with Gasteiger partial charge in [0.15, 0.2) is 0 Å². The van der Waals surface area contributed by atoms with Gasteiger partial charge in [0.1, 0.15) is 5.82 Å². The summed E-state index contributed by atoms with van der Waals surface area (Å²) in [7, 11) is 0. The molecule has 0 spiro atoms. The first kappa shape index (κ1) is 11.6. The topological polar surface area (TPSA) is 64.1 Å². The summed E-state index contributed by atoms with van der Waals surface area (Å²) < 4.78 is 2.13. The maximum Gasteiger partial charge on any atom is 0.105 e. The Morgan fingerprint density at radius 1 is 1.69 bits per heavy atom. The SMILES string of the molecule is Cc1nccn1CCC1CCCC1(O)CN. The van der Waals surface area contributed by atoms with Crippen LogP contribution >= 0.6 is 0 Å². The van der Waals surface area contributed by atoms with Crippen LogP contribution in [-0.2, 0) is 6.54 Å². The lowest BCUT2D eigenvalue weighted by molar-refractivity contribution is 0.00654. The Labute approximate surface area is 96.5 Å². The number of aromatic nitrogens is 2. The molecule has 0 bridgehead atoms. The van der Waals surface area contributed by atoms with Crippen molar-refractivity contribution >= 4 is 0 Å². The van der Waals surface area contributed by atoms with Crippen LogP contribution < -0.4 is 5.73 Å². The maximum absolute atomic E-state index is 10.3. The Hall–Kier alpha value is -0.870. The van der Waals surface area contributed by atoms with Crippen LogP contribution in [0, 0.1) is 12.8 Å². The molecular formula is C12H21N3O. The van der Waals surface area contributed by atoms with Crippen molar-refractivity contribution in [2.24, 2.45) is 11.7 Å². The minimum absolute atomic E-state index is 0.347. The number of imidazole rings is 1. The summed E-state index contributed by atoms with van der Waals surface area (Å²) >= 11 is 0. The summed E-state index contributed by atoms with van der Waals surface area (Å²) in [5, 5.41) is 10.3. The Bertz CT molecular complexity index is 350. The van der Waals surface area contributed by atoms with Gasteiger partial charge in [-0.25, -0.2) is 4.98 Å². The normalized spacial score (nSPS) is 29.8. The van der Waals surface area contributed by atoms with E-state index in [1.807, 2.05) is 19.3 Å². The van der Waals surface area contributed by atoms with Crippen LogP contribution in [0.25, 0.3) is 0 Å². The van der Waals surface area contributed by atoms with E-state index < -0.39 is 5.60 Å². The molecular weight excluding hydrogens is 202 g/mol. The van der Waals surface area contributed by atoms with Crippen LogP contribution in [-0.4, -0.2) is 26.8 Å². The van der Waals surface area contributed by atoms with Gasteiger partial charge in [0, 0.05) is 25.5 Å². The van der Waals surface area contributed by atoms with Crippen LogP contribution in [0.3, 0.4) is 0 Å². The predicted octanol–water partition coefficient (Wildman–Crippen LogP) is 1.07. The van der Waals surface area contributed by atoms with E-state index in [0.717, 1.165) is 38.1 Å². The average molecular weight is 223 g/mol. The monoisotopic (exact) mass is 223 g/mol. The largest absolute Gasteiger partial charge is 0.388 e. The molecule has 4 nitrogen and oxygen atoms in total. The molecule has 2 rings (SSSR count). The first-order chi connectivity index (χ1) is 7.65. The molecule has 0 aliphatic heterocycles. The number of hydrogen-bond donors (Lipinski definition) is 2. The van der Waals surface area contributed by atoms with Crippen molar-refractivity contribution in [3.63, 3.8) is 0 Å². The van der Waals surface area contributed by atoms with E-state index >= 15 is 0 Å². The van der Waals surface area contributed by atoms with Gasteiger partial charge >= 0.3 is 0 Å². The third kappa shape index (κ3) is 2.13. The Morgan fingerprint density at radius 2 is 2.50 bits per heavy atom. The number of hydrogen-bond acceptors (Lipinski definition) is 3. The van der Waals surface area contributed by atoms with Gasteiger partial charge in [-0.1, -0.05) is 6.42 Å². The van der Waals surface area contributed by atoms with Crippen LogP contribution in [0.4, 0.5) is 0 Å². The van der Waals surface area contributed by atoms with Crippen molar-refractivity contribution in [1.82, 2.24) is 9.55 Å². The fourth-order valence-electron chi connectivity index (χ4n) is 2.74. The van der Waals surface area contributed by atoms with Crippen molar-refractivity contribution in [3.8, 4) is 0 Å². The molecule has 2 unspecified atom stereocenters. The first-order valence-electron chi connectivity index (χ1n) is 6.06. The number of rotatable bonds is 4. The molecule has 1 saturated carbocycles. The summed E-state index contributed by atoms with van der Waals surface area (Å²) in [6.45, 7) is 3.32. The highest BCUT2D eigenvalue weighted by atomic mass is 16.3. The lowest BCUT2D eigenvalue weighted by Gasteiger charge is -2.28. The smallest absolute Gasteiger partial charge is 0.105 e. The molecule has 0 saturated heterocycles. The second kappa shape index (κ2) is 4.55. The number of aliphatic hydroxyl groups is 1. The summed E-state index contributed by atoms with van der Waals surface area (Å²) in [4.78, 5) is 4.19. The van der Waals surface area contributed by atoms with E-state index in [2.05, 4.69) is 9.55 Å². The third-order valence-corrected chi connectivity index (χ3v) is 3.92. The summed E-state index contributed by atoms with van der Waals surface area (Å²) in [5.41, 5.74) is 5.05.